The third kappa shape index (κ3) is 3.09. The molecule has 0 amide bonds. The van der Waals surface area contributed by atoms with Gasteiger partial charge in [-0.2, -0.15) is 0 Å². The standard InChI is InChI=1S/C13H14N2O4/c1-3-11-14-15-12(19-11)7-18-10-6-9(13(16)17)5-4-8(10)2/h4-6H,3,7H2,1-2H3,(H,16,17). The number of carboxylic acid groups (broad SMARTS) is 1. The zero-order chi connectivity index (χ0) is 13.8. The average molecular weight is 262 g/mol. The Balaban J connectivity index is 2.10. The van der Waals surface area contributed by atoms with E-state index in [2.05, 4.69) is 10.2 Å². The first-order chi connectivity index (χ1) is 9.10. The van der Waals surface area contributed by atoms with Gasteiger partial charge in [-0.3, -0.25) is 0 Å². The molecule has 1 N–H and O–H groups in total. The summed E-state index contributed by atoms with van der Waals surface area (Å²) in [5.74, 6) is 0.429. The lowest BCUT2D eigenvalue weighted by molar-refractivity contribution is 0.0696. The fourth-order valence-electron chi connectivity index (χ4n) is 1.52. The highest BCUT2D eigenvalue weighted by atomic mass is 16.5. The molecule has 1 heterocycles. The lowest BCUT2D eigenvalue weighted by atomic mass is 10.1. The Hall–Kier alpha value is -2.37. The van der Waals surface area contributed by atoms with Gasteiger partial charge in [-0.05, 0) is 24.6 Å². The monoisotopic (exact) mass is 262 g/mol. The van der Waals surface area contributed by atoms with Gasteiger partial charge in [-0.1, -0.05) is 13.0 Å². The second kappa shape index (κ2) is 5.51. The number of nitrogens with zero attached hydrogens (tertiary/aromatic N) is 2. The number of benzene rings is 1. The van der Waals surface area contributed by atoms with Gasteiger partial charge >= 0.3 is 5.97 Å². The maximum absolute atomic E-state index is 10.9. The van der Waals surface area contributed by atoms with E-state index in [0.29, 0.717) is 24.0 Å². The van der Waals surface area contributed by atoms with E-state index in [1.165, 1.54) is 12.1 Å². The SMILES string of the molecule is CCc1nnc(COc2cc(C(=O)O)ccc2C)o1. The van der Waals surface area contributed by atoms with Gasteiger partial charge < -0.3 is 14.3 Å². The van der Waals surface area contributed by atoms with Gasteiger partial charge in [-0.25, -0.2) is 4.79 Å². The van der Waals surface area contributed by atoms with E-state index in [0.717, 1.165) is 5.56 Å². The summed E-state index contributed by atoms with van der Waals surface area (Å²) in [6.07, 6.45) is 0.667. The minimum absolute atomic E-state index is 0.122. The molecule has 0 aliphatic heterocycles. The molecule has 0 fully saturated rings. The molecule has 0 spiro atoms. The van der Waals surface area contributed by atoms with Crippen LogP contribution in [0.15, 0.2) is 22.6 Å². The van der Waals surface area contributed by atoms with Crippen molar-refractivity contribution in [2.45, 2.75) is 26.9 Å². The quantitative estimate of drug-likeness (QED) is 0.889. The summed E-state index contributed by atoms with van der Waals surface area (Å²) in [6.45, 7) is 3.88. The minimum atomic E-state index is -0.990. The van der Waals surface area contributed by atoms with Gasteiger partial charge in [0.15, 0.2) is 6.61 Å². The van der Waals surface area contributed by atoms with Crippen molar-refractivity contribution >= 4 is 5.97 Å². The third-order valence-electron chi connectivity index (χ3n) is 2.60. The van der Waals surface area contributed by atoms with Crippen LogP contribution >= 0.6 is 0 Å². The fourth-order valence-corrected chi connectivity index (χ4v) is 1.52. The van der Waals surface area contributed by atoms with Crippen molar-refractivity contribution in [1.82, 2.24) is 10.2 Å². The molecule has 0 radical (unpaired) electrons. The third-order valence-corrected chi connectivity index (χ3v) is 2.60. The van der Waals surface area contributed by atoms with Crippen LogP contribution in [0.4, 0.5) is 0 Å². The first-order valence-electron chi connectivity index (χ1n) is 5.88. The number of carboxylic acids is 1. The number of hydrogen-bond acceptors (Lipinski definition) is 5. The van der Waals surface area contributed by atoms with Crippen molar-refractivity contribution in [3.63, 3.8) is 0 Å². The number of aromatic carboxylic acids is 1. The lowest BCUT2D eigenvalue weighted by Gasteiger charge is -2.07. The Morgan fingerprint density at radius 3 is 2.74 bits per heavy atom. The number of rotatable bonds is 5. The Labute approximate surface area is 110 Å². The minimum Gasteiger partial charge on any atom is -0.484 e. The fraction of sp³-hybridized carbons (Fsp3) is 0.308. The van der Waals surface area contributed by atoms with E-state index in [1.807, 2.05) is 13.8 Å². The zero-order valence-corrected chi connectivity index (χ0v) is 10.7. The maximum atomic E-state index is 10.9. The highest BCUT2D eigenvalue weighted by Gasteiger charge is 2.09. The Morgan fingerprint density at radius 2 is 2.11 bits per heavy atom. The molecule has 2 aromatic rings. The molecule has 1 aromatic heterocycles. The van der Waals surface area contributed by atoms with Gasteiger partial charge in [0.2, 0.25) is 5.89 Å². The van der Waals surface area contributed by atoms with Crippen LogP contribution in [0.25, 0.3) is 0 Å². The molecule has 0 aliphatic rings. The molecular weight excluding hydrogens is 248 g/mol. The number of hydrogen-bond donors (Lipinski definition) is 1. The molecule has 0 aliphatic carbocycles. The van der Waals surface area contributed by atoms with Crippen molar-refractivity contribution < 1.29 is 19.1 Å². The van der Waals surface area contributed by atoms with E-state index in [-0.39, 0.29) is 12.2 Å². The molecule has 0 saturated carbocycles. The van der Waals surface area contributed by atoms with E-state index in [9.17, 15) is 4.79 Å². The normalized spacial score (nSPS) is 10.4. The highest BCUT2D eigenvalue weighted by molar-refractivity contribution is 5.88. The molecule has 19 heavy (non-hydrogen) atoms. The maximum Gasteiger partial charge on any atom is 0.335 e. The summed E-state index contributed by atoms with van der Waals surface area (Å²) in [6, 6.07) is 4.71. The Bertz CT molecular complexity index is 592. The van der Waals surface area contributed by atoms with Crippen LogP contribution in [0.2, 0.25) is 0 Å². The van der Waals surface area contributed by atoms with Crippen molar-refractivity contribution in [3.8, 4) is 5.75 Å². The second-order valence-electron chi connectivity index (χ2n) is 4.02. The van der Waals surface area contributed by atoms with E-state index < -0.39 is 5.97 Å². The van der Waals surface area contributed by atoms with Crippen LogP contribution in [-0.2, 0) is 13.0 Å². The van der Waals surface area contributed by atoms with Crippen molar-refractivity contribution in [2.24, 2.45) is 0 Å². The van der Waals surface area contributed by atoms with Crippen LogP contribution < -0.4 is 4.74 Å². The smallest absolute Gasteiger partial charge is 0.335 e. The molecular formula is C13H14N2O4. The molecule has 100 valence electrons. The largest absolute Gasteiger partial charge is 0.484 e. The second-order valence-corrected chi connectivity index (χ2v) is 4.02. The summed E-state index contributed by atoms with van der Waals surface area (Å²) in [4.78, 5) is 10.9. The summed E-state index contributed by atoms with van der Waals surface area (Å²) < 4.78 is 10.8. The molecule has 0 saturated heterocycles. The van der Waals surface area contributed by atoms with Gasteiger partial charge in [0.05, 0.1) is 5.56 Å². The first-order valence-corrected chi connectivity index (χ1v) is 5.88. The number of aromatic nitrogens is 2. The predicted molar refractivity (Wildman–Crippen MR) is 66.1 cm³/mol. The van der Waals surface area contributed by atoms with Crippen molar-refractivity contribution in [1.29, 1.82) is 0 Å². The van der Waals surface area contributed by atoms with Gasteiger partial charge in [0, 0.05) is 6.42 Å². The van der Waals surface area contributed by atoms with Crippen molar-refractivity contribution in [3.05, 3.63) is 41.1 Å². The Kier molecular flexibility index (Phi) is 3.79. The number of ether oxygens (including phenoxy) is 1. The average Bonchev–Trinajstić information content (AvgIpc) is 2.85. The van der Waals surface area contributed by atoms with E-state index in [1.54, 1.807) is 6.07 Å². The summed E-state index contributed by atoms with van der Waals surface area (Å²) in [5.41, 5.74) is 1.03. The van der Waals surface area contributed by atoms with Crippen LogP contribution in [0.1, 0.15) is 34.6 Å². The summed E-state index contributed by atoms with van der Waals surface area (Å²) in [7, 11) is 0. The summed E-state index contributed by atoms with van der Waals surface area (Å²) >= 11 is 0. The van der Waals surface area contributed by atoms with Gasteiger partial charge in [0.25, 0.3) is 5.89 Å². The zero-order valence-electron chi connectivity index (χ0n) is 10.7. The van der Waals surface area contributed by atoms with Crippen LogP contribution in [0.3, 0.4) is 0 Å². The van der Waals surface area contributed by atoms with E-state index >= 15 is 0 Å². The lowest BCUT2D eigenvalue weighted by Crippen LogP contribution is -2.01. The molecule has 0 atom stereocenters. The van der Waals surface area contributed by atoms with Crippen molar-refractivity contribution in [2.75, 3.05) is 0 Å². The topological polar surface area (TPSA) is 85.5 Å². The highest BCUT2D eigenvalue weighted by Crippen LogP contribution is 2.20. The first kappa shape index (κ1) is 13.1. The van der Waals surface area contributed by atoms with Gasteiger partial charge in [-0.15, -0.1) is 10.2 Å². The number of aryl methyl sites for hydroxylation is 2. The number of carbonyl (C=O) groups is 1. The van der Waals surface area contributed by atoms with Crippen LogP contribution in [0, 0.1) is 6.92 Å². The molecule has 0 bridgehead atoms. The molecule has 2 rings (SSSR count). The Morgan fingerprint density at radius 1 is 1.37 bits per heavy atom. The molecule has 6 heteroatoms. The van der Waals surface area contributed by atoms with Crippen LogP contribution in [-0.4, -0.2) is 21.3 Å². The van der Waals surface area contributed by atoms with Gasteiger partial charge in [0.1, 0.15) is 5.75 Å². The molecule has 0 unspecified atom stereocenters. The molecule has 6 nitrogen and oxygen atoms in total. The predicted octanol–water partition coefficient (Wildman–Crippen LogP) is 2.22. The summed E-state index contributed by atoms with van der Waals surface area (Å²) in [5, 5.41) is 16.6. The molecule has 1 aromatic carbocycles. The van der Waals surface area contributed by atoms with Crippen LogP contribution in [0.5, 0.6) is 5.75 Å². The van der Waals surface area contributed by atoms with E-state index in [4.69, 9.17) is 14.3 Å².